The molecule has 0 fully saturated rings. The highest BCUT2D eigenvalue weighted by atomic mass is 35.5. The zero-order chi connectivity index (χ0) is 51.8. The second-order valence-corrected chi connectivity index (χ2v) is 18.1. The van der Waals surface area contributed by atoms with Gasteiger partial charge in [-0.1, -0.05) is 61.3 Å². The van der Waals surface area contributed by atoms with E-state index in [2.05, 4.69) is 40.1 Å². The van der Waals surface area contributed by atoms with Gasteiger partial charge < -0.3 is 5.11 Å². The Bertz CT molecular complexity index is 3090. The lowest BCUT2D eigenvalue weighted by molar-refractivity contribution is -0.0330. The molecule has 0 aliphatic heterocycles. The molecule has 0 bridgehead atoms. The first-order valence-electron chi connectivity index (χ1n) is 21.0. The molecule has 0 amide bonds. The van der Waals surface area contributed by atoms with Crippen LogP contribution in [0.3, 0.4) is 0 Å². The molecule has 0 saturated carbocycles. The highest BCUT2D eigenvalue weighted by Crippen LogP contribution is 2.60. The van der Waals surface area contributed by atoms with Crippen LogP contribution in [0.4, 0.5) is 35.1 Å². The SMILES string of the molecule is C[C@@H](c1ncncc1F)[C@@](Cn1cncn1)(OP(=O)(OCc1c(F)cccc1Cl)OCc1c(F)cccc1Cl)c1ccc(F)cc1F.C[C@@H](c1ncncc1F)[C@](O)(Cn1cncn1)c1ccc(F)cc1F. The first-order chi connectivity index (χ1) is 34.3. The van der Waals surface area contributed by atoms with Crippen LogP contribution in [0, 0.1) is 46.5 Å². The number of aliphatic hydroxyl groups is 1. The lowest BCUT2D eigenvalue weighted by Crippen LogP contribution is -2.41. The molecule has 1 N–H and O–H groups in total. The maximum absolute atomic E-state index is 15.8. The average molecular weight is 1060 g/mol. The fraction of sp³-hybridized carbons (Fsp3) is 0.217. The molecule has 4 aromatic carbocycles. The van der Waals surface area contributed by atoms with Crippen LogP contribution in [-0.4, -0.2) is 54.6 Å². The third-order valence-electron chi connectivity index (χ3n) is 11.3. The predicted octanol–water partition coefficient (Wildman–Crippen LogP) is 10.5. The van der Waals surface area contributed by atoms with E-state index in [1.54, 1.807) is 0 Å². The quantitative estimate of drug-likeness (QED) is 0.0635. The van der Waals surface area contributed by atoms with Crippen LogP contribution in [0.5, 0.6) is 0 Å². The first-order valence-corrected chi connectivity index (χ1v) is 23.2. The van der Waals surface area contributed by atoms with Gasteiger partial charge in [0.15, 0.2) is 11.6 Å². The molecule has 72 heavy (non-hydrogen) atoms. The summed E-state index contributed by atoms with van der Waals surface area (Å²) in [5.74, 6) is -9.67. The highest BCUT2D eigenvalue weighted by molar-refractivity contribution is 7.48. The second-order valence-electron chi connectivity index (χ2n) is 15.7. The Hall–Kier alpha value is -6.59. The third-order valence-corrected chi connectivity index (χ3v) is 13.4. The average Bonchev–Trinajstić information content (AvgIpc) is 4.06. The van der Waals surface area contributed by atoms with Crippen LogP contribution >= 0.6 is 31.0 Å². The number of rotatable bonds is 18. The van der Waals surface area contributed by atoms with Gasteiger partial charge in [0.05, 0.1) is 50.1 Å². The highest BCUT2D eigenvalue weighted by Gasteiger charge is 2.51. The molecule has 8 aromatic rings. The number of hydrogen-bond acceptors (Lipinski definition) is 13. The molecule has 0 aliphatic carbocycles. The van der Waals surface area contributed by atoms with Crippen LogP contribution < -0.4 is 0 Å². The van der Waals surface area contributed by atoms with Gasteiger partial charge in [0.25, 0.3) is 0 Å². The van der Waals surface area contributed by atoms with Crippen molar-refractivity contribution in [1.29, 1.82) is 0 Å². The standard InChI is InChI=1S/C30H23Cl2F5N5O4P.C16H14F3N5O/c1-18(29-28(37)11-38-15-40-29)30(14-42-17-39-16-41-42,22-9-8-19(33)10-27(22)36)46-47(43,44-12-20-23(31)4-2-6-25(20)34)45-13-21-24(32)5-3-7-26(21)35;1-10(15-14(19)5-20-7-22-15)16(25,6-24-9-21-8-23-24)12-3-2-11(17)4-13(12)18/h2-11,15-18H,12-14H2,1H3;2-5,7-10,25H,6H2,1H3/t18-,30+;10-,16+/m00/s1. The number of phosphoric acid groups is 1. The summed E-state index contributed by atoms with van der Waals surface area (Å²) in [5.41, 5.74) is -5.93. The Morgan fingerprint density at radius 1 is 0.597 bits per heavy atom. The van der Waals surface area contributed by atoms with Gasteiger partial charge in [-0.15, -0.1) is 0 Å². The van der Waals surface area contributed by atoms with Crippen molar-refractivity contribution in [2.75, 3.05) is 0 Å². The van der Waals surface area contributed by atoms with E-state index in [0.29, 0.717) is 12.1 Å². The molecule has 0 unspecified atom stereocenters. The summed E-state index contributed by atoms with van der Waals surface area (Å²) in [6, 6.07) is 12.7. The maximum atomic E-state index is 15.8. The molecule has 0 aliphatic rings. The zero-order valence-electron chi connectivity index (χ0n) is 37.3. The number of halogens is 10. The lowest BCUT2D eigenvalue weighted by atomic mass is 9.79. The molecule has 8 rings (SSSR count). The van der Waals surface area contributed by atoms with Crippen LogP contribution in [0.2, 0.25) is 10.0 Å². The van der Waals surface area contributed by atoms with Gasteiger partial charge in [0.2, 0.25) is 0 Å². The molecule has 0 saturated heterocycles. The van der Waals surface area contributed by atoms with Crippen molar-refractivity contribution in [2.24, 2.45) is 0 Å². The number of benzene rings is 4. The van der Waals surface area contributed by atoms with Crippen LogP contribution in [-0.2, 0) is 55.6 Å². The number of nitrogens with zero attached hydrogens (tertiary/aromatic N) is 10. The molecule has 0 spiro atoms. The first kappa shape index (κ1) is 53.2. The maximum Gasteiger partial charge on any atom is 0.476 e. The molecule has 4 atom stereocenters. The van der Waals surface area contributed by atoms with Crippen molar-refractivity contribution in [3.8, 4) is 0 Å². The number of phosphoric ester groups is 1. The van der Waals surface area contributed by atoms with Gasteiger partial charge in [-0.2, -0.15) is 10.2 Å². The Balaban J connectivity index is 0.000000255. The largest absolute Gasteiger partial charge is 0.476 e. The van der Waals surface area contributed by atoms with Crippen LogP contribution in [0.15, 0.2) is 123 Å². The van der Waals surface area contributed by atoms with Gasteiger partial charge in [-0.25, -0.2) is 79.0 Å². The fourth-order valence-corrected chi connectivity index (χ4v) is 9.41. The van der Waals surface area contributed by atoms with Crippen molar-refractivity contribution in [3.05, 3.63) is 213 Å². The molecule has 26 heteroatoms. The fourth-order valence-electron chi connectivity index (χ4n) is 7.50. The summed E-state index contributed by atoms with van der Waals surface area (Å²) in [6.07, 6.45) is 8.85. The molecule has 4 heterocycles. The Labute approximate surface area is 414 Å². The minimum atomic E-state index is -5.19. The van der Waals surface area contributed by atoms with Crippen molar-refractivity contribution in [3.63, 3.8) is 0 Å². The van der Waals surface area contributed by atoms with Crippen molar-refractivity contribution >= 4 is 31.0 Å². The Kier molecular flexibility index (Phi) is 16.9. The van der Waals surface area contributed by atoms with Crippen molar-refractivity contribution in [2.45, 2.75) is 63.2 Å². The lowest BCUT2D eigenvalue weighted by Gasteiger charge is -2.40. The molecule has 0 radical (unpaired) electrons. The molecule has 376 valence electrons. The predicted molar refractivity (Wildman–Crippen MR) is 240 cm³/mol. The molecule has 4 aromatic heterocycles. The molecular formula is C46H37Cl2F8N10O5P. The minimum absolute atomic E-state index is 0.0960. The van der Waals surface area contributed by atoms with Gasteiger partial charge >= 0.3 is 7.82 Å². The van der Waals surface area contributed by atoms with E-state index in [9.17, 15) is 36.0 Å². The zero-order valence-corrected chi connectivity index (χ0v) is 39.7. The van der Waals surface area contributed by atoms with Crippen molar-refractivity contribution < 1.29 is 58.4 Å². The molecule has 15 nitrogen and oxygen atoms in total. The van der Waals surface area contributed by atoms with E-state index in [-0.39, 0.29) is 44.7 Å². The number of hydrogen-bond donors (Lipinski definition) is 1. The Morgan fingerprint density at radius 2 is 1.07 bits per heavy atom. The van der Waals surface area contributed by atoms with E-state index >= 15 is 8.78 Å². The van der Waals surface area contributed by atoms with E-state index < -0.39 is 103 Å². The smallest absolute Gasteiger partial charge is 0.382 e. The monoisotopic (exact) mass is 1060 g/mol. The summed E-state index contributed by atoms with van der Waals surface area (Å²) in [7, 11) is -5.19. The summed E-state index contributed by atoms with van der Waals surface area (Å²) in [5, 5.41) is 19.0. The number of aromatic nitrogens is 10. The normalized spacial score (nSPS) is 14.2. The topological polar surface area (TPSA) is 178 Å². The summed E-state index contributed by atoms with van der Waals surface area (Å²) >= 11 is 12.3. The van der Waals surface area contributed by atoms with Gasteiger partial charge in [0, 0.05) is 56.3 Å². The van der Waals surface area contributed by atoms with Gasteiger partial charge in [-0.3, -0.25) is 13.6 Å². The van der Waals surface area contributed by atoms with Crippen LogP contribution in [0.1, 0.15) is 59.3 Å². The minimum Gasteiger partial charge on any atom is -0.382 e. The summed E-state index contributed by atoms with van der Waals surface area (Å²) < 4.78 is 151. The summed E-state index contributed by atoms with van der Waals surface area (Å²) in [4.78, 5) is 22.7. The summed E-state index contributed by atoms with van der Waals surface area (Å²) in [6.45, 7) is 0.394. The van der Waals surface area contributed by atoms with Gasteiger partial charge in [0.1, 0.15) is 84.1 Å². The van der Waals surface area contributed by atoms with Crippen LogP contribution in [0.25, 0.3) is 0 Å². The van der Waals surface area contributed by atoms with Crippen molar-refractivity contribution in [1.82, 2.24) is 49.5 Å². The van der Waals surface area contributed by atoms with E-state index in [1.165, 1.54) is 61.8 Å². The third kappa shape index (κ3) is 12.0. The van der Waals surface area contributed by atoms with E-state index in [4.69, 9.17) is 36.8 Å². The second kappa shape index (κ2) is 22.9. The van der Waals surface area contributed by atoms with E-state index in [1.807, 2.05) is 0 Å². The van der Waals surface area contributed by atoms with Gasteiger partial charge in [-0.05, 0) is 36.4 Å². The Morgan fingerprint density at radius 3 is 1.51 bits per heavy atom. The molecular weight excluding hydrogens is 1030 g/mol. The van der Waals surface area contributed by atoms with E-state index in [0.717, 1.165) is 72.5 Å².